The first-order chi connectivity index (χ1) is 11.2. The van der Waals surface area contributed by atoms with Crippen molar-refractivity contribution >= 4 is 39.2 Å². The first-order valence-electron chi connectivity index (χ1n) is 6.74. The zero-order valence-corrected chi connectivity index (χ0v) is 14.4. The number of carbonyl (C=O) groups is 2. The molecule has 0 bridgehead atoms. The Morgan fingerprint density at radius 1 is 1.17 bits per heavy atom. The second kappa shape index (κ2) is 9.40. The minimum atomic E-state index is -1.15. The predicted octanol–water partition coefficient (Wildman–Crippen LogP) is 1.15. The van der Waals surface area contributed by atoms with Crippen LogP contribution in [0.5, 0.6) is 11.5 Å². The second-order valence-corrected chi connectivity index (χ2v) is 7.34. The third kappa shape index (κ3) is 6.30. The van der Waals surface area contributed by atoms with Crippen LogP contribution in [0.15, 0.2) is 23.2 Å². The Morgan fingerprint density at radius 2 is 1.79 bits per heavy atom. The van der Waals surface area contributed by atoms with Crippen LogP contribution in [-0.2, 0) is 9.59 Å². The predicted molar refractivity (Wildman–Crippen MR) is 93.9 cm³/mol. The number of aromatic hydroxyl groups is 2. The maximum atomic E-state index is 11.3. The van der Waals surface area contributed by atoms with Crippen LogP contribution in [0.2, 0.25) is 0 Å². The number of carboxylic acids is 2. The lowest BCUT2D eigenvalue weighted by Gasteiger charge is -2.11. The van der Waals surface area contributed by atoms with E-state index in [4.69, 9.17) is 10.8 Å². The van der Waals surface area contributed by atoms with E-state index in [0.29, 0.717) is 0 Å². The Morgan fingerprint density at radius 3 is 2.38 bits per heavy atom. The molecule has 132 valence electrons. The zero-order valence-electron chi connectivity index (χ0n) is 12.7. The molecule has 2 atom stereocenters. The van der Waals surface area contributed by atoms with Gasteiger partial charge in [-0.1, -0.05) is 21.6 Å². The highest BCUT2D eigenvalue weighted by molar-refractivity contribution is 8.76. The number of carboxylic acid groups (broad SMARTS) is 2. The molecule has 1 rings (SSSR count). The van der Waals surface area contributed by atoms with Gasteiger partial charge in [0.05, 0.1) is 0 Å². The van der Waals surface area contributed by atoms with Gasteiger partial charge in [-0.25, -0.2) is 4.79 Å². The molecule has 0 amide bonds. The minimum absolute atomic E-state index is 0.0724. The number of phenols is 2. The van der Waals surface area contributed by atoms with Crippen molar-refractivity contribution < 1.29 is 30.0 Å². The summed E-state index contributed by atoms with van der Waals surface area (Å²) in [5.74, 6) is -2.22. The maximum absolute atomic E-state index is 11.3. The molecule has 2 unspecified atom stereocenters. The first kappa shape index (κ1) is 20.1. The Labute approximate surface area is 146 Å². The Bertz CT molecular complexity index is 638. The molecule has 0 aliphatic rings. The molecule has 0 fully saturated rings. The fourth-order valence-corrected chi connectivity index (χ4v) is 3.82. The number of hydrogen-bond donors (Lipinski definition) is 5. The van der Waals surface area contributed by atoms with Crippen LogP contribution >= 0.6 is 21.6 Å². The third-order valence-corrected chi connectivity index (χ3v) is 5.31. The summed E-state index contributed by atoms with van der Waals surface area (Å²) in [6.07, 6.45) is 0. The van der Waals surface area contributed by atoms with Gasteiger partial charge in [-0.05, 0) is 25.1 Å². The molecule has 1 aromatic carbocycles. The zero-order chi connectivity index (χ0) is 18.3. The molecular weight excluding hydrogens is 356 g/mol. The first-order valence-corrected chi connectivity index (χ1v) is 9.23. The van der Waals surface area contributed by atoms with E-state index in [9.17, 15) is 24.9 Å². The van der Waals surface area contributed by atoms with Crippen molar-refractivity contribution in [2.75, 3.05) is 11.5 Å². The van der Waals surface area contributed by atoms with Crippen LogP contribution in [0.1, 0.15) is 12.5 Å². The van der Waals surface area contributed by atoms with E-state index in [-0.39, 0.29) is 34.3 Å². The van der Waals surface area contributed by atoms with Gasteiger partial charge in [-0.15, -0.1) is 0 Å². The normalized spacial score (nSPS) is 14.2. The molecule has 24 heavy (non-hydrogen) atoms. The van der Waals surface area contributed by atoms with E-state index in [1.54, 1.807) is 0 Å². The Kier molecular flexibility index (Phi) is 7.89. The van der Waals surface area contributed by atoms with Crippen LogP contribution in [0, 0.1) is 0 Å². The van der Waals surface area contributed by atoms with Crippen molar-refractivity contribution in [3.8, 4) is 11.5 Å². The van der Waals surface area contributed by atoms with Crippen LogP contribution < -0.4 is 5.73 Å². The lowest BCUT2D eigenvalue weighted by atomic mass is 10.1. The molecule has 8 nitrogen and oxygen atoms in total. The quantitative estimate of drug-likeness (QED) is 0.185. The van der Waals surface area contributed by atoms with E-state index in [1.165, 1.54) is 25.1 Å². The van der Waals surface area contributed by atoms with Crippen molar-refractivity contribution in [1.82, 2.24) is 0 Å². The fourth-order valence-electron chi connectivity index (χ4n) is 1.59. The molecule has 10 heteroatoms. The van der Waals surface area contributed by atoms with Gasteiger partial charge in [0.15, 0.2) is 6.04 Å². The highest BCUT2D eigenvalue weighted by atomic mass is 33.1. The summed E-state index contributed by atoms with van der Waals surface area (Å²) < 4.78 is 0. The fraction of sp³-hybridized carbons (Fsp3) is 0.357. The molecule has 6 N–H and O–H groups in total. The second-order valence-electron chi connectivity index (χ2n) is 4.78. The van der Waals surface area contributed by atoms with Crippen molar-refractivity contribution in [3.63, 3.8) is 0 Å². The molecule has 0 spiro atoms. The van der Waals surface area contributed by atoms with Crippen molar-refractivity contribution in [3.05, 3.63) is 23.8 Å². The number of nitrogens with zero attached hydrogens (tertiary/aromatic N) is 1. The average molecular weight is 374 g/mol. The number of phenolic OH excluding ortho intramolecular Hbond substituents is 2. The number of hydrogen-bond acceptors (Lipinski definition) is 8. The number of aliphatic imine (C=N–C) groups is 1. The number of rotatable bonds is 9. The average Bonchev–Trinajstić information content (AvgIpc) is 2.51. The minimum Gasteiger partial charge on any atom is -0.508 e. The number of nitrogens with two attached hydrogens (primary N) is 1. The van der Waals surface area contributed by atoms with Crippen molar-refractivity contribution in [2.24, 2.45) is 10.7 Å². The maximum Gasteiger partial charge on any atom is 0.329 e. The lowest BCUT2D eigenvalue weighted by Crippen LogP contribution is -2.32. The number of benzene rings is 1. The molecule has 0 aromatic heterocycles. The van der Waals surface area contributed by atoms with E-state index in [1.807, 2.05) is 0 Å². The van der Waals surface area contributed by atoms with Crippen LogP contribution in [-0.4, -0.2) is 61.7 Å². The summed E-state index contributed by atoms with van der Waals surface area (Å²) in [5, 5.41) is 37.1. The summed E-state index contributed by atoms with van der Waals surface area (Å²) in [6, 6.07) is 1.79. The summed E-state index contributed by atoms with van der Waals surface area (Å²) in [7, 11) is 2.31. The van der Waals surface area contributed by atoms with Gasteiger partial charge in [0.25, 0.3) is 0 Å². The summed E-state index contributed by atoms with van der Waals surface area (Å²) in [4.78, 5) is 25.9. The van der Waals surface area contributed by atoms with Crippen LogP contribution in [0.4, 0.5) is 0 Å². The van der Waals surface area contributed by atoms with E-state index < -0.39 is 24.0 Å². The standard InChI is InChI=1S/C14H18N2O6S2/c1-7(9-4-8(17)2-3-12(9)18)16-11(14(21)22)6-24-23-5-10(15)13(19)20/h2-4,10-11,17-18H,5-6,15H2,1H3,(H,19,20)(H,21,22)/b16-7+. The van der Waals surface area contributed by atoms with Gasteiger partial charge >= 0.3 is 11.9 Å². The van der Waals surface area contributed by atoms with Gasteiger partial charge < -0.3 is 26.2 Å². The van der Waals surface area contributed by atoms with E-state index in [0.717, 1.165) is 21.6 Å². The highest BCUT2D eigenvalue weighted by Gasteiger charge is 2.19. The van der Waals surface area contributed by atoms with Gasteiger partial charge in [-0.2, -0.15) is 0 Å². The monoisotopic (exact) mass is 374 g/mol. The van der Waals surface area contributed by atoms with Crippen LogP contribution in [0.25, 0.3) is 0 Å². The summed E-state index contributed by atoms with van der Waals surface area (Å²) in [6.45, 7) is 1.53. The van der Waals surface area contributed by atoms with E-state index in [2.05, 4.69) is 4.99 Å². The van der Waals surface area contributed by atoms with Crippen molar-refractivity contribution in [1.29, 1.82) is 0 Å². The highest BCUT2D eigenvalue weighted by Crippen LogP contribution is 2.26. The lowest BCUT2D eigenvalue weighted by molar-refractivity contribution is -0.138. The summed E-state index contributed by atoms with van der Waals surface area (Å²) >= 11 is 0. The molecule has 0 heterocycles. The molecule has 0 aliphatic heterocycles. The molecule has 0 saturated carbocycles. The van der Waals surface area contributed by atoms with Gasteiger partial charge in [0.1, 0.15) is 17.5 Å². The van der Waals surface area contributed by atoms with Crippen LogP contribution in [0.3, 0.4) is 0 Å². The molecule has 0 saturated heterocycles. The molecule has 0 aliphatic carbocycles. The van der Waals surface area contributed by atoms with Gasteiger partial charge in [0.2, 0.25) is 0 Å². The van der Waals surface area contributed by atoms with E-state index >= 15 is 0 Å². The van der Waals surface area contributed by atoms with Gasteiger partial charge in [0, 0.05) is 22.8 Å². The third-order valence-electron chi connectivity index (χ3n) is 2.88. The smallest absolute Gasteiger partial charge is 0.329 e. The molecule has 1 aromatic rings. The largest absolute Gasteiger partial charge is 0.508 e. The Balaban J connectivity index is 2.73. The topological polar surface area (TPSA) is 153 Å². The molecular formula is C14H18N2O6S2. The van der Waals surface area contributed by atoms with Gasteiger partial charge in [-0.3, -0.25) is 9.79 Å². The number of aliphatic carboxylic acids is 2. The summed E-state index contributed by atoms with van der Waals surface area (Å²) in [5.41, 5.74) is 5.86. The molecule has 0 radical (unpaired) electrons. The SMILES string of the molecule is C/C(=N\C(CSSCC(N)C(=O)O)C(=O)O)c1cc(O)ccc1O. The van der Waals surface area contributed by atoms with Crippen molar-refractivity contribution in [2.45, 2.75) is 19.0 Å². The Hall–Kier alpha value is -1.91.